The molecule has 0 saturated carbocycles. The van der Waals surface area contributed by atoms with Gasteiger partial charge in [-0.15, -0.1) is 11.8 Å². The summed E-state index contributed by atoms with van der Waals surface area (Å²) in [6, 6.07) is 4.55. The fraction of sp³-hybridized carbons (Fsp3) is 0.458. The summed E-state index contributed by atoms with van der Waals surface area (Å²) in [5, 5.41) is 5.21. The number of rotatable bonds is 4. The maximum atomic E-state index is 13.4. The normalized spacial score (nSPS) is 22.4. The van der Waals surface area contributed by atoms with E-state index >= 15 is 0 Å². The Morgan fingerprint density at radius 2 is 2.03 bits per heavy atom. The number of allylic oxidation sites excluding steroid dienone is 1. The van der Waals surface area contributed by atoms with Crippen LogP contribution in [0.2, 0.25) is 0 Å². The highest BCUT2D eigenvalue weighted by Crippen LogP contribution is 2.46. The number of thioether (sulfide) groups is 1. The number of fused-ring (bicyclic) bond motifs is 2. The van der Waals surface area contributed by atoms with E-state index in [1.807, 2.05) is 6.20 Å². The molecule has 1 atom stereocenters. The number of aromatic nitrogens is 1. The Kier molecular flexibility index (Phi) is 5.67. The quantitative estimate of drug-likeness (QED) is 0.687. The van der Waals surface area contributed by atoms with E-state index in [4.69, 9.17) is 4.52 Å². The van der Waals surface area contributed by atoms with Crippen LogP contribution < -0.4 is 0 Å². The van der Waals surface area contributed by atoms with Crippen molar-refractivity contribution in [3.8, 4) is 0 Å². The second-order valence-electron chi connectivity index (χ2n) is 8.79. The summed E-state index contributed by atoms with van der Waals surface area (Å²) in [7, 11) is 0. The molecule has 1 saturated heterocycles. The van der Waals surface area contributed by atoms with Gasteiger partial charge in [0, 0.05) is 52.8 Å². The number of benzene rings is 1. The number of amides is 1. The molecule has 6 nitrogen and oxygen atoms in total. The number of carbonyl (C=O) groups excluding carboxylic acids is 2. The summed E-state index contributed by atoms with van der Waals surface area (Å²) in [6.07, 6.45) is 4.43. The lowest BCUT2D eigenvalue weighted by atomic mass is 9.91. The summed E-state index contributed by atoms with van der Waals surface area (Å²) in [4.78, 5) is 29.9. The van der Waals surface area contributed by atoms with Crippen molar-refractivity contribution in [2.45, 2.75) is 44.3 Å². The van der Waals surface area contributed by atoms with E-state index in [0.717, 1.165) is 59.5 Å². The second kappa shape index (κ2) is 8.48. The topological polar surface area (TPSA) is 66.7 Å². The summed E-state index contributed by atoms with van der Waals surface area (Å²) >= 11 is 1.68. The number of ketones is 1. The first-order chi connectivity index (χ1) is 15.4. The molecular weight excluding hydrogens is 429 g/mol. The van der Waals surface area contributed by atoms with Crippen molar-refractivity contribution in [1.82, 2.24) is 15.0 Å². The van der Waals surface area contributed by atoms with Gasteiger partial charge in [0.15, 0.2) is 11.4 Å². The van der Waals surface area contributed by atoms with Crippen LogP contribution in [-0.2, 0) is 9.59 Å². The maximum Gasteiger partial charge on any atom is 0.223 e. The molecule has 0 N–H and O–H groups in total. The van der Waals surface area contributed by atoms with Gasteiger partial charge >= 0.3 is 0 Å². The zero-order chi connectivity index (χ0) is 22.4. The van der Waals surface area contributed by atoms with Gasteiger partial charge in [-0.2, -0.15) is 0 Å². The summed E-state index contributed by atoms with van der Waals surface area (Å²) in [5.74, 6) is 0.160. The van der Waals surface area contributed by atoms with Crippen LogP contribution in [0.1, 0.15) is 44.7 Å². The predicted molar refractivity (Wildman–Crippen MR) is 122 cm³/mol. The van der Waals surface area contributed by atoms with Crippen LogP contribution in [0.3, 0.4) is 0 Å². The minimum atomic E-state index is -0.326. The molecule has 1 aromatic carbocycles. The third-order valence-electron chi connectivity index (χ3n) is 6.72. The molecule has 1 unspecified atom stereocenters. The first kappa shape index (κ1) is 21.4. The molecule has 0 radical (unpaired) electrons. The lowest BCUT2D eigenvalue weighted by Gasteiger charge is -2.31. The first-order valence-corrected chi connectivity index (χ1v) is 12.0. The molecule has 1 fully saturated rings. The number of nitrogens with zero attached hydrogens (tertiary/aromatic N) is 3. The Balaban J connectivity index is 1.24. The number of likely N-dealkylation sites (tertiary alicyclic amines) is 1. The van der Waals surface area contributed by atoms with Gasteiger partial charge in [0.1, 0.15) is 5.82 Å². The van der Waals surface area contributed by atoms with Gasteiger partial charge in [0.05, 0.1) is 12.2 Å². The number of Topliss-reactive ketones (excluding diaryl/α,β-unsaturated/α-hetero) is 1. The van der Waals surface area contributed by atoms with Crippen LogP contribution >= 0.6 is 11.8 Å². The standard InChI is InChI=1S/C24H26FN3O3S/c1-14-23(19-7-10-28(15(2)29)13-22(19)32-14)20(30)12-27-8-5-16(6-9-27)24-18-4-3-17(25)11-21(18)31-26-24/h3-4,11,13-14,16H,5-10,12H2,1-2H3. The molecule has 0 spiro atoms. The van der Waals surface area contributed by atoms with Crippen LogP contribution in [0, 0.1) is 5.82 Å². The smallest absolute Gasteiger partial charge is 0.223 e. The van der Waals surface area contributed by atoms with Crippen molar-refractivity contribution < 1.29 is 18.5 Å². The van der Waals surface area contributed by atoms with Crippen LogP contribution in [-0.4, -0.2) is 58.1 Å². The number of halogens is 1. The Morgan fingerprint density at radius 3 is 2.78 bits per heavy atom. The van der Waals surface area contributed by atoms with E-state index in [2.05, 4.69) is 17.0 Å². The van der Waals surface area contributed by atoms with E-state index in [-0.39, 0.29) is 28.7 Å². The van der Waals surface area contributed by atoms with Crippen molar-refractivity contribution in [1.29, 1.82) is 0 Å². The van der Waals surface area contributed by atoms with Crippen LogP contribution in [0.25, 0.3) is 11.0 Å². The first-order valence-electron chi connectivity index (χ1n) is 11.1. The Hall–Kier alpha value is -2.45. The van der Waals surface area contributed by atoms with Gasteiger partial charge in [-0.1, -0.05) is 5.16 Å². The summed E-state index contributed by atoms with van der Waals surface area (Å²) < 4.78 is 18.8. The Labute approximate surface area is 190 Å². The van der Waals surface area contributed by atoms with Gasteiger partial charge < -0.3 is 9.42 Å². The molecule has 168 valence electrons. The van der Waals surface area contributed by atoms with Gasteiger partial charge in [-0.05, 0) is 57.0 Å². The van der Waals surface area contributed by atoms with Crippen molar-refractivity contribution in [2.24, 2.45) is 0 Å². The fourth-order valence-electron chi connectivity index (χ4n) is 5.02. The van der Waals surface area contributed by atoms with Gasteiger partial charge in [0.2, 0.25) is 5.91 Å². The molecule has 0 bridgehead atoms. The molecule has 2 aromatic rings. The molecular formula is C24H26FN3O3S. The lowest BCUT2D eigenvalue weighted by molar-refractivity contribution is -0.126. The number of hydrogen-bond donors (Lipinski definition) is 0. The molecule has 0 aliphatic carbocycles. The zero-order valence-electron chi connectivity index (χ0n) is 18.3. The molecule has 32 heavy (non-hydrogen) atoms. The molecule has 3 aliphatic rings. The van der Waals surface area contributed by atoms with E-state index in [1.165, 1.54) is 12.1 Å². The van der Waals surface area contributed by atoms with Crippen molar-refractivity contribution in [3.63, 3.8) is 0 Å². The van der Waals surface area contributed by atoms with Crippen molar-refractivity contribution in [3.05, 3.63) is 52.0 Å². The molecule has 3 aliphatic heterocycles. The Morgan fingerprint density at radius 1 is 1.25 bits per heavy atom. The van der Waals surface area contributed by atoms with E-state index < -0.39 is 0 Å². The average molecular weight is 456 g/mol. The minimum absolute atomic E-state index is 0.0393. The number of hydrogen-bond acceptors (Lipinski definition) is 6. The van der Waals surface area contributed by atoms with E-state index in [1.54, 1.807) is 29.7 Å². The largest absolute Gasteiger partial charge is 0.356 e. The highest BCUT2D eigenvalue weighted by atomic mass is 32.2. The third-order valence-corrected chi connectivity index (χ3v) is 7.91. The van der Waals surface area contributed by atoms with E-state index in [9.17, 15) is 14.0 Å². The Bertz CT molecular complexity index is 1150. The predicted octanol–water partition coefficient (Wildman–Crippen LogP) is 4.24. The molecule has 1 aromatic heterocycles. The minimum Gasteiger partial charge on any atom is -0.356 e. The molecule has 8 heteroatoms. The number of piperidine rings is 1. The SMILES string of the molecule is CC(=O)N1C=C2SC(C)C(C(=O)CN3CCC(c4noc5cc(F)ccc45)CC3)=C2CC1. The average Bonchev–Trinajstić information content (AvgIpc) is 3.33. The zero-order valence-corrected chi connectivity index (χ0v) is 19.1. The highest BCUT2D eigenvalue weighted by Gasteiger charge is 2.35. The summed E-state index contributed by atoms with van der Waals surface area (Å²) in [5.41, 5.74) is 3.43. The summed E-state index contributed by atoms with van der Waals surface area (Å²) in [6.45, 7) is 6.34. The van der Waals surface area contributed by atoms with Crippen LogP contribution in [0.5, 0.6) is 0 Å². The molecule has 1 amide bonds. The fourth-order valence-corrected chi connectivity index (χ4v) is 6.34. The van der Waals surface area contributed by atoms with Gasteiger partial charge in [-0.25, -0.2) is 4.39 Å². The van der Waals surface area contributed by atoms with Crippen LogP contribution in [0.15, 0.2) is 45.0 Å². The third kappa shape index (κ3) is 3.90. The van der Waals surface area contributed by atoms with Gasteiger partial charge in [0.25, 0.3) is 0 Å². The highest BCUT2D eigenvalue weighted by molar-refractivity contribution is 8.04. The van der Waals surface area contributed by atoms with Crippen molar-refractivity contribution >= 4 is 34.4 Å². The molecule has 4 heterocycles. The maximum absolute atomic E-state index is 13.4. The van der Waals surface area contributed by atoms with Crippen LogP contribution in [0.4, 0.5) is 4.39 Å². The second-order valence-corrected chi connectivity index (χ2v) is 10.2. The van der Waals surface area contributed by atoms with Gasteiger partial charge in [-0.3, -0.25) is 14.5 Å². The molecule has 5 rings (SSSR count). The van der Waals surface area contributed by atoms with E-state index in [0.29, 0.717) is 18.7 Å². The monoisotopic (exact) mass is 455 g/mol. The number of carbonyl (C=O) groups is 2. The lowest BCUT2D eigenvalue weighted by Crippen LogP contribution is -2.38. The van der Waals surface area contributed by atoms with Crippen molar-refractivity contribution in [2.75, 3.05) is 26.2 Å².